The predicted octanol–water partition coefficient (Wildman–Crippen LogP) is 8.68. The lowest BCUT2D eigenvalue weighted by atomic mass is 9.84. The van der Waals surface area contributed by atoms with Crippen molar-refractivity contribution in [2.24, 2.45) is 13.0 Å². The molecule has 0 unspecified atom stereocenters. The van der Waals surface area contributed by atoms with E-state index in [1.807, 2.05) is 0 Å². The molecular formula is C33H34NO+. The van der Waals surface area contributed by atoms with Crippen LogP contribution in [0, 0.1) is 19.8 Å². The SMILES string of the molecule is Cc1ccc2c(CC(C)C)c3c(c(C)c2c1)-c1c2c(cc4c(C(C)C)cccc4c2cc[n+]1C)O3. The van der Waals surface area contributed by atoms with Crippen molar-refractivity contribution in [3.8, 4) is 22.8 Å². The summed E-state index contributed by atoms with van der Waals surface area (Å²) in [6.45, 7) is 13.6. The van der Waals surface area contributed by atoms with Crippen LogP contribution >= 0.6 is 0 Å². The first kappa shape index (κ1) is 22.1. The Morgan fingerprint density at radius 1 is 0.829 bits per heavy atom. The molecule has 4 aromatic carbocycles. The van der Waals surface area contributed by atoms with E-state index in [1.165, 1.54) is 65.8 Å². The average molecular weight is 461 g/mol. The Hall–Kier alpha value is -3.39. The van der Waals surface area contributed by atoms with Gasteiger partial charge in [0.15, 0.2) is 6.20 Å². The van der Waals surface area contributed by atoms with Gasteiger partial charge in [-0.25, -0.2) is 4.57 Å². The highest BCUT2D eigenvalue weighted by Gasteiger charge is 2.33. The van der Waals surface area contributed by atoms with Crippen LogP contribution in [0.2, 0.25) is 0 Å². The summed E-state index contributed by atoms with van der Waals surface area (Å²) >= 11 is 0. The van der Waals surface area contributed by atoms with Gasteiger partial charge in [-0.3, -0.25) is 0 Å². The summed E-state index contributed by atoms with van der Waals surface area (Å²) in [4.78, 5) is 0. The van der Waals surface area contributed by atoms with E-state index < -0.39 is 0 Å². The van der Waals surface area contributed by atoms with Crippen LogP contribution in [-0.4, -0.2) is 0 Å². The highest BCUT2D eigenvalue weighted by atomic mass is 16.5. The number of rotatable bonds is 3. The van der Waals surface area contributed by atoms with Crippen molar-refractivity contribution in [2.75, 3.05) is 0 Å². The summed E-state index contributed by atoms with van der Waals surface area (Å²) in [5.41, 5.74) is 7.81. The van der Waals surface area contributed by atoms with Crippen LogP contribution in [-0.2, 0) is 13.5 Å². The van der Waals surface area contributed by atoms with E-state index in [1.54, 1.807) is 0 Å². The molecule has 0 fully saturated rings. The molecule has 176 valence electrons. The number of aromatic nitrogens is 1. The van der Waals surface area contributed by atoms with Gasteiger partial charge in [0.1, 0.15) is 18.5 Å². The fourth-order valence-electron chi connectivity index (χ4n) is 6.12. The number of fused-ring (bicyclic) bond motifs is 5. The van der Waals surface area contributed by atoms with Crippen LogP contribution in [0.1, 0.15) is 55.9 Å². The summed E-state index contributed by atoms with van der Waals surface area (Å²) in [5.74, 6) is 3.01. The molecule has 35 heavy (non-hydrogen) atoms. The number of benzene rings is 4. The number of ether oxygens (including phenoxy) is 1. The molecule has 2 heteroatoms. The van der Waals surface area contributed by atoms with Gasteiger partial charge in [-0.2, -0.15) is 0 Å². The molecule has 0 amide bonds. The van der Waals surface area contributed by atoms with E-state index in [0.29, 0.717) is 11.8 Å². The zero-order valence-electron chi connectivity index (χ0n) is 21.9. The molecule has 1 aliphatic rings. The second kappa shape index (κ2) is 7.81. The minimum Gasteiger partial charge on any atom is -0.455 e. The van der Waals surface area contributed by atoms with Crippen LogP contribution in [0.5, 0.6) is 11.5 Å². The molecule has 0 spiro atoms. The van der Waals surface area contributed by atoms with Crippen LogP contribution in [0.3, 0.4) is 0 Å². The van der Waals surface area contributed by atoms with Crippen LogP contribution in [0.25, 0.3) is 43.6 Å². The minimum atomic E-state index is 0.449. The molecule has 0 bridgehead atoms. The summed E-state index contributed by atoms with van der Waals surface area (Å²) in [7, 11) is 2.17. The molecule has 0 N–H and O–H groups in total. The van der Waals surface area contributed by atoms with Crippen LogP contribution < -0.4 is 9.30 Å². The van der Waals surface area contributed by atoms with Crippen molar-refractivity contribution in [3.63, 3.8) is 0 Å². The minimum absolute atomic E-state index is 0.449. The van der Waals surface area contributed by atoms with E-state index in [4.69, 9.17) is 4.74 Å². The van der Waals surface area contributed by atoms with Gasteiger partial charge >= 0.3 is 0 Å². The maximum Gasteiger partial charge on any atom is 0.228 e. The van der Waals surface area contributed by atoms with Crippen LogP contribution in [0.4, 0.5) is 0 Å². The van der Waals surface area contributed by atoms with E-state index in [2.05, 4.69) is 108 Å². The topological polar surface area (TPSA) is 13.1 Å². The van der Waals surface area contributed by atoms with E-state index in [-0.39, 0.29) is 0 Å². The Morgan fingerprint density at radius 2 is 1.63 bits per heavy atom. The summed E-state index contributed by atoms with van der Waals surface area (Å²) in [5, 5.41) is 7.76. The molecule has 0 atom stereocenters. The maximum atomic E-state index is 6.99. The number of hydrogen-bond donors (Lipinski definition) is 0. The normalized spacial score (nSPS) is 12.7. The van der Waals surface area contributed by atoms with E-state index in [9.17, 15) is 0 Å². The van der Waals surface area contributed by atoms with Crippen molar-refractivity contribution in [2.45, 2.75) is 53.9 Å². The van der Waals surface area contributed by atoms with Crippen LogP contribution in [0.15, 0.2) is 54.7 Å². The first-order valence-electron chi connectivity index (χ1n) is 12.9. The van der Waals surface area contributed by atoms with Gasteiger partial charge in [-0.1, -0.05) is 69.7 Å². The number of nitrogens with zero attached hydrogens (tertiary/aromatic N) is 1. The smallest absolute Gasteiger partial charge is 0.228 e. The van der Waals surface area contributed by atoms with Gasteiger partial charge < -0.3 is 4.74 Å². The van der Waals surface area contributed by atoms with E-state index >= 15 is 0 Å². The quantitative estimate of drug-likeness (QED) is 0.190. The Balaban J connectivity index is 1.82. The second-order valence-corrected chi connectivity index (χ2v) is 11.1. The molecule has 0 saturated heterocycles. The summed E-state index contributed by atoms with van der Waals surface area (Å²) in [6, 6.07) is 18.2. The number of aryl methyl sites for hydroxylation is 3. The molecule has 0 radical (unpaired) electrons. The predicted molar refractivity (Wildman–Crippen MR) is 148 cm³/mol. The molecular weight excluding hydrogens is 426 g/mol. The lowest BCUT2D eigenvalue weighted by Crippen LogP contribution is -2.32. The van der Waals surface area contributed by atoms with Crippen molar-refractivity contribution in [3.05, 3.63) is 77.0 Å². The van der Waals surface area contributed by atoms with Crippen molar-refractivity contribution in [1.29, 1.82) is 0 Å². The Kier molecular flexibility index (Phi) is 4.93. The van der Waals surface area contributed by atoms with Gasteiger partial charge in [0.2, 0.25) is 5.69 Å². The fraction of sp³-hybridized carbons (Fsp3) is 0.303. The van der Waals surface area contributed by atoms with Gasteiger partial charge in [0, 0.05) is 17.0 Å². The van der Waals surface area contributed by atoms with Gasteiger partial charge in [0.05, 0.1) is 10.9 Å². The maximum absolute atomic E-state index is 6.99. The highest BCUT2D eigenvalue weighted by molar-refractivity contribution is 6.16. The Morgan fingerprint density at radius 3 is 2.37 bits per heavy atom. The second-order valence-electron chi connectivity index (χ2n) is 11.1. The third kappa shape index (κ3) is 3.19. The first-order chi connectivity index (χ1) is 16.8. The molecule has 1 aromatic heterocycles. The Bertz CT molecular complexity index is 1670. The zero-order valence-corrected chi connectivity index (χ0v) is 21.9. The van der Waals surface area contributed by atoms with Crippen molar-refractivity contribution in [1.82, 2.24) is 0 Å². The van der Waals surface area contributed by atoms with Crippen molar-refractivity contribution < 1.29 is 9.30 Å². The third-order valence-corrected chi connectivity index (χ3v) is 7.74. The number of pyridine rings is 1. The van der Waals surface area contributed by atoms with E-state index in [0.717, 1.165) is 17.9 Å². The first-order valence-corrected chi connectivity index (χ1v) is 12.9. The summed E-state index contributed by atoms with van der Waals surface area (Å²) in [6.07, 6.45) is 3.21. The van der Waals surface area contributed by atoms with Gasteiger partial charge in [-0.05, 0) is 70.8 Å². The Labute approximate surface area is 208 Å². The lowest BCUT2D eigenvalue weighted by Gasteiger charge is -2.26. The molecule has 0 saturated carbocycles. The molecule has 5 aromatic rings. The molecule has 2 heterocycles. The molecule has 2 nitrogen and oxygen atoms in total. The lowest BCUT2D eigenvalue weighted by molar-refractivity contribution is -0.659. The standard InChI is InChI=1S/C33H34NO/c1-18(2)15-28-24-12-11-20(5)16-26(24)21(6)30-32-31-25(13-14-34(32)7)23-10-8-9-22(19(3)4)27(23)17-29(31)35-33(28)30/h8-14,16-19H,15H2,1-7H3/q+1. The zero-order chi connectivity index (χ0) is 24.6. The molecule has 1 aliphatic heterocycles. The summed E-state index contributed by atoms with van der Waals surface area (Å²) < 4.78 is 9.28. The largest absolute Gasteiger partial charge is 0.455 e. The average Bonchev–Trinajstić information content (AvgIpc) is 2.82. The third-order valence-electron chi connectivity index (χ3n) is 7.74. The highest BCUT2D eigenvalue weighted by Crippen LogP contribution is 2.52. The van der Waals surface area contributed by atoms with Crippen molar-refractivity contribution >= 4 is 32.3 Å². The fourth-order valence-corrected chi connectivity index (χ4v) is 6.12. The monoisotopic (exact) mass is 460 g/mol. The molecule has 0 aliphatic carbocycles. The van der Waals surface area contributed by atoms with Gasteiger partial charge in [-0.15, -0.1) is 0 Å². The van der Waals surface area contributed by atoms with Gasteiger partial charge in [0.25, 0.3) is 0 Å². The number of hydrogen-bond acceptors (Lipinski definition) is 1. The molecule has 6 rings (SSSR count).